The summed E-state index contributed by atoms with van der Waals surface area (Å²) >= 11 is 6.04. The van der Waals surface area contributed by atoms with Crippen LogP contribution in [-0.4, -0.2) is 11.8 Å². The van der Waals surface area contributed by atoms with Gasteiger partial charge < -0.3 is 5.32 Å². The molecule has 2 amide bonds. The summed E-state index contributed by atoms with van der Waals surface area (Å²) in [7, 11) is 0. The first-order valence-electron chi connectivity index (χ1n) is 9.65. The molecule has 3 aromatic rings. The summed E-state index contributed by atoms with van der Waals surface area (Å²) in [6.45, 7) is 5.83. The van der Waals surface area contributed by atoms with Gasteiger partial charge in [0.25, 0.3) is 11.8 Å². The lowest BCUT2D eigenvalue weighted by molar-refractivity contribution is -0.120. The lowest BCUT2D eigenvalue weighted by Crippen LogP contribution is -2.33. The van der Waals surface area contributed by atoms with Gasteiger partial charge in [-0.15, -0.1) is 0 Å². The van der Waals surface area contributed by atoms with Gasteiger partial charge in [0.05, 0.1) is 11.3 Å². The average molecular weight is 417 g/mol. The first kappa shape index (κ1) is 19.9. The van der Waals surface area contributed by atoms with Gasteiger partial charge in [0.2, 0.25) is 0 Å². The lowest BCUT2D eigenvalue weighted by atomic mass is 10.0. The van der Waals surface area contributed by atoms with E-state index in [2.05, 4.69) is 5.32 Å². The van der Waals surface area contributed by atoms with Gasteiger partial charge in [0.1, 0.15) is 5.70 Å². The van der Waals surface area contributed by atoms with Crippen molar-refractivity contribution in [3.05, 3.63) is 99.7 Å². The molecule has 1 heterocycles. The molecule has 1 aliphatic rings. The van der Waals surface area contributed by atoms with Gasteiger partial charge in [-0.1, -0.05) is 54.1 Å². The van der Waals surface area contributed by atoms with Crippen molar-refractivity contribution >= 4 is 40.4 Å². The fraction of sp³-hybridized carbons (Fsp3) is 0.120. The molecule has 3 aromatic carbocycles. The van der Waals surface area contributed by atoms with E-state index in [0.29, 0.717) is 21.8 Å². The Morgan fingerprint density at radius 1 is 0.800 bits per heavy atom. The number of carbonyl (C=O) groups excluding carboxylic acids is 2. The van der Waals surface area contributed by atoms with Crippen molar-refractivity contribution in [1.29, 1.82) is 0 Å². The van der Waals surface area contributed by atoms with Gasteiger partial charge in [0.15, 0.2) is 0 Å². The number of hydrogen-bond donors (Lipinski definition) is 1. The normalized spacial score (nSPS) is 13.9. The number of para-hydroxylation sites is 1. The Morgan fingerprint density at radius 2 is 1.50 bits per heavy atom. The monoisotopic (exact) mass is 416 g/mol. The predicted octanol–water partition coefficient (Wildman–Crippen LogP) is 5.66. The van der Waals surface area contributed by atoms with Gasteiger partial charge in [0, 0.05) is 10.7 Å². The summed E-state index contributed by atoms with van der Waals surface area (Å²) in [4.78, 5) is 28.2. The summed E-state index contributed by atoms with van der Waals surface area (Å²) in [5.74, 6) is -0.732. The van der Waals surface area contributed by atoms with Crippen LogP contribution < -0.4 is 10.2 Å². The SMILES string of the molecule is Cc1ccc(C)c(NC2=C(c3ccc(Cl)cc3)C(=O)N(c3ccccc3C)C2=O)c1. The van der Waals surface area contributed by atoms with E-state index in [9.17, 15) is 9.59 Å². The van der Waals surface area contributed by atoms with Crippen LogP contribution in [0.3, 0.4) is 0 Å². The van der Waals surface area contributed by atoms with E-state index < -0.39 is 0 Å². The van der Waals surface area contributed by atoms with E-state index in [0.717, 1.165) is 22.4 Å². The number of nitrogens with zero attached hydrogens (tertiary/aromatic N) is 1. The van der Waals surface area contributed by atoms with E-state index in [1.807, 2.05) is 57.2 Å². The van der Waals surface area contributed by atoms with Crippen molar-refractivity contribution < 1.29 is 9.59 Å². The van der Waals surface area contributed by atoms with Crippen LogP contribution in [0.5, 0.6) is 0 Å². The number of halogens is 1. The summed E-state index contributed by atoms with van der Waals surface area (Å²) in [5, 5.41) is 3.81. The van der Waals surface area contributed by atoms with Crippen LogP contribution >= 0.6 is 11.6 Å². The maximum Gasteiger partial charge on any atom is 0.282 e. The maximum absolute atomic E-state index is 13.5. The Hall–Kier alpha value is -3.37. The van der Waals surface area contributed by atoms with Gasteiger partial charge in [-0.2, -0.15) is 0 Å². The second kappa shape index (κ2) is 7.81. The molecule has 0 spiro atoms. The van der Waals surface area contributed by atoms with Crippen molar-refractivity contribution in [2.75, 3.05) is 10.2 Å². The Morgan fingerprint density at radius 3 is 2.20 bits per heavy atom. The molecule has 1 N–H and O–H groups in total. The number of benzene rings is 3. The smallest absolute Gasteiger partial charge is 0.282 e. The Labute approximate surface area is 180 Å². The van der Waals surface area contributed by atoms with Crippen LogP contribution in [0.1, 0.15) is 22.3 Å². The fourth-order valence-electron chi connectivity index (χ4n) is 3.57. The van der Waals surface area contributed by atoms with Crippen LogP contribution in [0.15, 0.2) is 72.4 Å². The van der Waals surface area contributed by atoms with Crippen molar-refractivity contribution in [3.63, 3.8) is 0 Å². The number of carbonyl (C=O) groups is 2. The molecule has 5 heteroatoms. The van der Waals surface area contributed by atoms with Gasteiger partial charge in [-0.25, -0.2) is 4.90 Å². The number of amides is 2. The highest BCUT2D eigenvalue weighted by atomic mass is 35.5. The molecule has 4 rings (SSSR count). The molecular weight excluding hydrogens is 396 g/mol. The van der Waals surface area contributed by atoms with Gasteiger partial charge >= 0.3 is 0 Å². The third kappa shape index (κ3) is 3.51. The van der Waals surface area contributed by atoms with Crippen molar-refractivity contribution in [3.8, 4) is 0 Å². The van der Waals surface area contributed by atoms with Crippen molar-refractivity contribution in [2.24, 2.45) is 0 Å². The minimum absolute atomic E-state index is 0.263. The number of nitrogens with one attached hydrogen (secondary N) is 1. The zero-order valence-corrected chi connectivity index (χ0v) is 17.7. The molecule has 4 nitrogen and oxygen atoms in total. The Balaban J connectivity index is 1.87. The summed E-state index contributed by atoms with van der Waals surface area (Å²) in [6.07, 6.45) is 0. The highest BCUT2D eigenvalue weighted by molar-refractivity contribution is 6.46. The molecule has 0 saturated heterocycles. The largest absolute Gasteiger partial charge is 0.350 e. The van der Waals surface area contributed by atoms with Crippen LogP contribution in [0.25, 0.3) is 5.57 Å². The topological polar surface area (TPSA) is 49.4 Å². The Kier molecular flexibility index (Phi) is 5.18. The van der Waals surface area contributed by atoms with Crippen LogP contribution in [0.4, 0.5) is 11.4 Å². The number of hydrogen-bond acceptors (Lipinski definition) is 3. The van der Waals surface area contributed by atoms with Crippen LogP contribution in [-0.2, 0) is 9.59 Å². The molecule has 30 heavy (non-hydrogen) atoms. The molecular formula is C25H21ClN2O2. The quantitative estimate of drug-likeness (QED) is 0.558. The third-order valence-electron chi connectivity index (χ3n) is 5.23. The zero-order valence-electron chi connectivity index (χ0n) is 17.0. The molecule has 0 fully saturated rings. The molecule has 0 aromatic heterocycles. The van der Waals surface area contributed by atoms with E-state index >= 15 is 0 Å². The van der Waals surface area contributed by atoms with E-state index in [-0.39, 0.29) is 17.5 Å². The second-order valence-electron chi connectivity index (χ2n) is 7.43. The summed E-state index contributed by atoms with van der Waals surface area (Å²) in [6, 6.07) is 20.3. The predicted molar refractivity (Wildman–Crippen MR) is 122 cm³/mol. The van der Waals surface area contributed by atoms with Crippen molar-refractivity contribution in [1.82, 2.24) is 0 Å². The molecule has 0 bridgehead atoms. The minimum Gasteiger partial charge on any atom is -0.350 e. The standard InChI is InChI=1S/C25H21ClN2O2/c1-15-8-9-16(2)20(14-15)27-23-22(18-10-12-19(26)13-11-18)24(29)28(25(23)30)21-7-5-4-6-17(21)3/h4-14,27H,1-3H3. The van der Waals surface area contributed by atoms with Crippen LogP contribution in [0, 0.1) is 20.8 Å². The number of anilines is 2. The summed E-state index contributed by atoms with van der Waals surface area (Å²) in [5.41, 5.74) is 5.51. The molecule has 0 atom stereocenters. The van der Waals surface area contributed by atoms with Gasteiger partial charge in [-0.05, 0) is 67.3 Å². The first-order valence-corrected chi connectivity index (χ1v) is 10.0. The maximum atomic E-state index is 13.5. The fourth-order valence-corrected chi connectivity index (χ4v) is 3.69. The Bertz CT molecular complexity index is 1200. The summed E-state index contributed by atoms with van der Waals surface area (Å²) < 4.78 is 0. The molecule has 150 valence electrons. The highest BCUT2D eigenvalue weighted by Crippen LogP contribution is 2.35. The average Bonchev–Trinajstić information content (AvgIpc) is 2.96. The number of aryl methyl sites for hydroxylation is 3. The molecule has 0 radical (unpaired) electrons. The van der Waals surface area contributed by atoms with E-state index in [1.165, 1.54) is 4.90 Å². The molecule has 0 saturated carbocycles. The first-order chi connectivity index (χ1) is 14.4. The molecule has 0 aliphatic carbocycles. The third-order valence-corrected chi connectivity index (χ3v) is 5.48. The van der Waals surface area contributed by atoms with Gasteiger partial charge in [-0.3, -0.25) is 9.59 Å². The molecule has 0 unspecified atom stereocenters. The zero-order chi connectivity index (χ0) is 21.4. The lowest BCUT2D eigenvalue weighted by Gasteiger charge is -2.18. The van der Waals surface area contributed by atoms with Crippen molar-refractivity contribution in [2.45, 2.75) is 20.8 Å². The van der Waals surface area contributed by atoms with E-state index in [4.69, 9.17) is 11.6 Å². The number of imide groups is 1. The number of rotatable bonds is 4. The highest BCUT2D eigenvalue weighted by Gasteiger charge is 2.40. The second-order valence-corrected chi connectivity index (χ2v) is 7.87. The van der Waals surface area contributed by atoms with Crippen LogP contribution in [0.2, 0.25) is 5.02 Å². The van der Waals surface area contributed by atoms with E-state index in [1.54, 1.807) is 30.3 Å². The minimum atomic E-state index is -0.375. The molecule has 1 aliphatic heterocycles.